The molecule has 0 bridgehead atoms. The molecule has 0 aliphatic heterocycles. The number of carbonyl (C=O) groups is 1. The summed E-state index contributed by atoms with van der Waals surface area (Å²) in [6, 6.07) is 8.17. The lowest BCUT2D eigenvalue weighted by Crippen LogP contribution is -2.36. The van der Waals surface area contributed by atoms with Gasteiger partial charge in [-0.15, -0.1) is 6.58 Å². The first kappa shape index (κ1) is 14.8. The normalized spacial score (nSPS) is 11.9. The molecule has 0 saturated carbocycles. The van der Waals surface area contributed by atoms with Gasteiger partial charge in [-0.25, -0.2) is 0 Å². The fraction of sp³-hybridized carbons (Fsp3) is 0.400. The van der Waals surface area contributed by atoms with Crippen molar-refractivity contribution in [3.8, 4) is 0 Å². The SMILES string of the molecule is C=CCN(Cc1ccccc1C)C(=O)C(C)SC. The van der Waals surface area contributed by atoms with Gasteiger partial charge in [-0.3, -0.25) is 4.79 Å². The van der Waals surface area contributed by atoms with Gasteiger partial charge in [0, 0.05) is 13.1 Å². The zero-order chi connectivity index (χ0) is 13.5. The first-order chi connectivity index (χ1) is 8.60. The van der Waals surface area contributed by atoms with Crippen molar-refractivity contribution < 1.29 is 4.79 Å². The van der Waals surface area contributed by atoms with Crippen LogP contribution in [-0.2, 0) is 11.3 Å². The van der Waals surface area contributed by atoms with Crippen molar-refractivity contribution in [3.63, 3.8) is 0 Å². The van der Waals surface area contributed by atoms with Gasteiger partial charge in [0.25, 0.3) is 0 Å². The summed E-state index contributed by atoms with van der Waals surface area (Å²) < 4.78 is 0. The minimum atomic E-state index is -0.00558. The smallest absolute Gasteiger partial charge is 0.235 e. The van der Waals surface area contributed by atoms with Crippen molar-refractivity contribution >= 4 is 17.7 Å². The fourth-order valence-corrected chi connectivity index (χ4v) is 2.09. The standard InChI is InChI=1S/C15H21NOS/c1-5-10-16(15(17)13(3)18-4)11-14-9-7-6-8-12(14)2/h5-9,13H,1,10-11H2,2-4H3. The number of hydrogen-bond acceptors (Lipinski definition) is 2. The van der Waals surface area contributed by atoms with Crippen LogP contribution in [0.15, 0.2) is 36.9 Å². The van der Waals surface area contributed by atoms with E-state index in [1.165, 1.54) is 11.1 Å². The van der Waals surface area contributed by atoms with Crippen molar-refractivity contribution in [2.45, 2.75) is 25.6 Å². The molecule has 0 saturated heterocycles. The molecule has 1 aromatic carbocycles. The maximum Gasteiger partial charge on any atom is 0.235 e. The largest absolute Gasteiger partial charge is 0.334 e. The van der Waals surface area contributed by atoms with Gasteiger partial charge in [-0.2, -0.15) is 11.8 Å². The molecule has 1 unspecified atom stereocenters. The molecule has 1 atom stereocenters. The zero-order valence-corrected chi connectivity index (χ0v) is 12.2. The summed E-state index contributed by atoms with van der Waals surface area (Å²) >= 11 is 1.58. The predicted molar refractivity (Wildman–Crippen MR) is 79.8 cm³/mol. The number of benzene rings is 1. The van der Waals surface area contributed by atoms with E-state index >= 15 is 0 Å². The van der Waals surface area contributed by atoms with Crippen LogP contribution < -0.4 is 0 Å². The topological polar surface area (TPSA) is 20.3 Å². The van der Waals surface area contributed by atoms with E-state index in [-0.39, 0.29) is 11.2 Å². The first-order valence-electron chi connectivity index (χ1n) is 6.07. The third-order valence-corrected chi connectivity index (χ3v) is 3.89. The Morgan fingerprint density at radius 2 is 2.17 bits per heavy atom. The molecule has 0 N–H and O–H groups in total. The van der Waals surface area contributed by atoms with Gasteiger partial charge < -0.3 is 4.90 Å². The van der Waals surface area contributed by atoms with E-state index in [4.69, 9.17) is 0 Å². The van der Waals surface area contributed by atoms with Gasteiger partial charge in [0.2, 0.25) is 5.91 Å². The fourth-order valence-electron chi connectivity index (χ4n) is 1.74. The summed E-state index contributed by atoms with van der Waals surface area (Å²) in [5, 5.41) is -0.00558. The Balaban J connectivity index is 2.83. The Hall–Kier alpha value is -1.22. The molecule has 18 heavy (non-hydrogen) atoms. The number of thioether (sulfide) groups is 1. The van der Waals surface area contributed by atoms with Gasteiger partial charge in [-0.1, -0.05) is 30.3 Å². The van der Waals surface area contributed by atoms with Crippen molar-refractivity contribution in [2.75, 3.05) is 12.8 Å². The van der Waals surface area contributed by atoms with Gasteiger partial charge in [0.05, 0.1) is 5.25 Å². The van der Waals surface area contributed by atoms with Crippen LogP contribution in [0.2, 0.25) is 0 Å². The molecular formula is C15H21NOS. The van der Waals surface area contributed by atoms with Gasteiger partial charge in [-0.05, 0) is 31.2 Å². The Morgan fingerprint density at radius 1 is 1.50 bits per heavy atom. The first-order valence-corrected chi connectivity index (χ1v) is 7.36. The minimum absolute atomic E-state index is 0.00558. The number of aryl methyl sites for hydroxylation is 1. The van der Waals surface area contributed by atoms with Crippen molar-refractivity contribution in [1.29, 1.82) is 0 Å². The van der Waals surface area contributed by atoms with E-state index in [1.807, 2.05) is 30.2 Å². The van der Waals surface area contributed by atoms with Crippen LogP contribution in [0, 0.1) is 6.92 Å². The summed E-state index contributed by atoms with van der Waals surface area (Å²) in [4.78, 5) is 14.1. The maximum absolute atomic E-state index is 12.2. The highest BCUT2D eigenvalue weighted by molar-refractivity contribution is 7.99. The van der Waals surface area contributed by atoms with Crippen LogP contribution in [-0.4, -0.2) is 28.9 Å². The number of rotatable bonds is 6. The Labute approximate surface area is 114 Å². The Morgan fingerprint density at radius 3 is 2.72 bits per heavy atom. The number of nitrogens with zero attached hydrogens (tertiary/aromatic N) is 1. The van der Waals surface area contributed by atoms with E-state index in [0.29, 0.717) is 13.1 Å². The maximum atomic E-state index is 12.2. The van der Waals surface area contributed by atoms with Crippen molar-refractivity contribution in [2.24, 2.45) is 0 Å². The molecule has 1 aromatic rings. The second-order valence-electron chi connectivity index (χ2n) is 4.31. The van der Waals surface area contributed by atoms with E-state index < -0.39 is 0 Å². The molecule has 0 aromatic heterocycles. The number of hydrogen-bond donors (Lipinski definition) is 0. The monoisotopic (exact) mass is 263 g/mol. The summed E-state index contributed by atoms with van der Waals surface area (Å²) in [6.07, 6.45) is 3.74. The lowest BCUT2D eigenvalue weighted by molar-refractivity contribution is -0.130. The van der Waals surface area contributed by atoms with E-state index in [9.17, 15) is 4.79 Å². The highest BCUT2D eigenvalue weighted by atomic mass is 32.2. The van der Waals surface area contributed by atoms with Gasteiger partial charge >= 0.3 is 0 Å². The predicted octanol–water partition coefficient (Wildman–Crippen LogP) is 3.26. The molecular weight excluding hydrogens is 242 g/mol. The van der Waals surface area contributed by atoms with E-state index in [0.717, 1.165) is 0 Å². The molecule has 0 fully saturated rings. The summed E-state index contributed by atoms with van der Waals surface area (Å²) in [6.45, 7) is 9.00. The lowest BCUT2D eigenvalue weighted by Gasteiger charge is -2.24. The summed E-state index contributed by atoms with van der Waals surface area (Å²) in [5.74, 6) is 0.172. The Bertz CT molecular complexity index is 417. The van der Waals surface area contributed by atoms with Gasteiger partial charge in [0.1, 0.15) is 0 Å². The van der Waals surface area contributed by atoms with Gasteiger partial charge in [0.15, 0.2) is 0 Å². The van der Waals surface area contributed by atoms with E-state index in [1.54, 1.807) is 17.8 Å². The summed E-state index contributed by atoms with van der Waals surface area (Å²) in [7, 11) is 0. The molecule has 3 heteroatoms. The molecule has 0 heterocycles. The molecule has 0 radical (unpaired) electrons. The second kappa shape index (κ2) is 7.27. The molecule has 0 aliphatic rings. The van der Waals surface area contributed by atoms with Crippen molar-refractivity contribution in [3.05, 3.63) is 48.0 Å². The highest BCUT2D eigenvalue weighted by Crippen LogP contribution is 2.15. The van der Waals surface area contributed by atoms with Crippen LogP contribution >= 0.6 is 11.8 Å². The highest BCUT2D eigenvalue weighted by Gasteiger charge is 2.19. The number of amides is 1. The third-order valence-electron chi connectivity index (χ3n) is 2.98. The minimum Gasteiger partial charge on any atom is -0.334 e. The van der Waals surface area contributed by atoms with E-state index in [2.05, 4.69) is 25.6 Å². The summed E-state index contributed by atoms with van der Waals surface area (Å²) in [5.41, 5.74) is 2.41. The van der Waals surface area contributed by atoms with Crippen LogP contribution in [0.1, 0.15) is 18.1 Å². The van der Waals surface area contributed by atoms with Crippen LogP contribution in [0.4, 0.5) is 0 Å². The number of carbonyl (C=O) groups excluding carboxylic acids is 1. The average Bonchev–Trinajstić information content (AvgIpc) is 2.39. The molecule has 2 nitrogen and oxygen atoms in total. The molecule has 1 amide bonds. The average molecular weight is 263 g/mol. The molecule has 1 rings (SSSR count). The molecule has 98 valence electrons. The third kappa shape index (κ3) is 3.91. The lowest BCUT2D eigenvalue weighted by atomic mass is 10.1. The van der Waals surface area contributed by atoms with Crippen LogP contribution in [0.5, 0.6) is 0 Å². The van der Waals surface area contributed by atoms with Crippen LogP contribution in [0.3, 0.4) is 0 Å². The van der Waals surface area contributed by atoms with Crippen LogP contribution in [0.25, 0.3) is 0 Å². The quantitative estimate of drug-likeness (QED) is 0.734. The second-order valence-corrected chi connectivity index (χ2v) is 5.49. The molecule has 0 spiro atoms. The zero-order valence-electron chi connectivity index (χ0n) is 11.3. The molecule has 0 aliphatic carbocycles. The van der Waals surface area contributed by atoms with Crippen molar-refractivity contribution in [1.82, 2.24) is 4.90 Å². The Kier molecular flexibility index (Phi) is 5.99.